The van der Waals surface area contributed by atoms with E-state index in [2.05, 4.69) is 40.5 Å². The summed E-state index contributed by atoms with van der Waals surface area (Å²) in [5.41, 5.74) is 2.24. The molecule has 2 aliphatic rings. The summed E-state index contributed by atoms with van der Waals surface area (Å²) >= 11 is 0. The number of piperidine rings is 1. The molecular formula is C26H46N6O3S. The summed E-state index contributed by atoms with van der Waals surface area (Å²) in [6.07, 6.45) is 6.66. The SMILES string of the molecule is CCC(CCN(C)S(C)(=O)=O)CN1CCN(C2(C)CCN(C(=O)c3c(C)ncnc3C)CC2)CC1C. The molecule has 10 heteroatoms. The lowest BCUT2D eigenvalue weighted by atomic mass is 9.86. The maximum atomic E-state index is 13.2. The predicted octanol–water partition coefficient (Wildman–Crippen LogP) is 2.40. The number of piperazine rings is 1. The van der Waals surface area contributed by atoms with Gasteiger partial charge in [0.25, 0.3) is 5.91 Å². The zero-order chi connectivity index (χ0) is 26.7. The Morgan fingerprint density at radius 2 is 1.78 bits per heavy atom. The minimum absolute atomic E-state index is 0.0537. The predicted molar refractivity (Wildman–Crippen MR) is 144 cm³/mol. The molecule has 36 heavy (non-hydrogen) atoms. The van der Waals surface area contributed by atoms with E-state index in [4.69, 9.17) is 0 Å². The van der Waals surface area contributed by atoms with E-state index in [9.17, 15) is 13.2 Å². The first-order chi connectivity index (χ1) is 16.9. The Kier molecular flexibility index (Phi) is 9.52. The van der Waals surface area contributed by atoms with Crippen molar-refractivity contribution >= 4 is 15.9 Å². The van der Waals surface area contributed by atoms with Crippen LogP contribution in [0.1, 0.15) is 68.2 Å². The molecule has 0 N–H and O–H groups in total. The molecule has 2 unspecified atom stereocenters. The number of aromatic nitrogens is 2. The van der Waals surface area contributed by atoms with Gasteiger partial charge in [0, 0.05) is 64.4 Å². The van der Waals surface area contributed by atoms with Crippen LogP contribution in [0.5, 0.6) is 0 Å². The van der Waals surface area contributed by atoms with E-state index in [0.29, 0.717) is 24.1 Å². The van der Waals surface area contributed by atoms with Crippen molar-refractivity contribution in [2.75, 3.05) is 59.1 Å². The molecule has 2 fully saturated rings. The molecule has 1 amide bonds. The minimum Gasteiger partial charge on any atom is -0.338 e. The van der Waals surface area contributed by atoms with Crippen LogP contribution in [0.2, 0.25) is 0 Å². The number of hydrogen-bond donors (Lipinski definition) is 0. The lowest BCUT2D eigenvalue weighted by Crippen LogP contribution is -2.62. The van der Waals surface area contributed by atoms with Crippen LogP contribution in [0.3, 0.4) is 0 Å². The molecule has 204 valence electrons. The fourth-order valence-electron chi connectivity index (χ4n) is 5.61. The molecule has 2 saturated heterocycles. The second-order valence-electron chi connectivity index (χ2n) is 11.1. The second-order valence-corrected chi connectivity index (χ2v) is 13.2. The van der Waals surface area contributed by atoms with Gasteiger partial charge in [-0.15, -0.1) is 0 Å². The number of sulfonamides is 1. The number of carbonyl (C=O) groups excluding carboxylic acids is 1. The smallest absolute Gasteiger partial charge is 0.257 e. The summed E-state index contributed by atoms with van der Waals surface area (Å²) in [5, 5.41) is 0. The van der Waals surface area contributed by atoms with E-state index in [0.717, 1.165) is 76.3 Å². The minimum atomic E-state index is -3.12. The molecule has 0 aliphatic carbocycles. The average molecular weight is 523 g/mol. The number of aryl methyl sites for hydroxylation is 2. The Labute approximate surface area is 218 Å². The van der Waals surface area contributed by atoms with Gasteiger partial charge in [-0.3, -0.25) is 14.6 Å². The highest BCUT2D eigenvalue weighted by molar-refractivity contribution is 7.88. The average Bonchev–Trinajstić information content (AvgIpc) is 2.82. The highest BCUT2D eigenvalue weighted by Crippen LogP contribution is 2.32. The topological polar surface area (TPSA) is 90.0 Å². The summed E-state index contributed by atoms with van der Waals surface area (Å²) in [6.45, 7) is 16.8. The van der Waals surface area contributed by atoms with Crippen molar-refractivity contribution in [3.8, 4) is 0 Å². The molecule has 0 radical (unpaired) electrons. The van der Waals surface area contributed by atoms with Crippen LogP contribution < -0.4 is 0 Å². The van der Waals surface area contributed by atoms with Gasteiger partial charge in [0.15, 0.2) is 0 Å². The third kappa shape index (κ3) is 6.82. The number of hydrogen-bond acceptors (Lipinski definition) is 7. The summed E-state index contributed by atoms with van der Waals surface area (Å²) in [4.78, 5) is 28.8. The summed E-state index contributed by atoms with van der Waals surface area (Å²) < 4.78 is 24.9. The van der Waals surface area contributed by atoms with E-state index in [-0.39, 0.29) is 11.4 Å². The first kappa shape index (κ1) is 28.9. The van der Waals surface area contributed by atoms with Gasteiger partial charge >= 0.3 is 0 Å². The molecule has 3 heterocycles. The van der Waals surface area contributed by atoms with Crippen LogP contribution in [-0.4, -0.2) is 114 Å². The van der Waals surface area contributed by atoms with Crippen molar-refractivity contribution < 1.29 is 13.2 Å². The lowest BCUT2D eigenvalue weighted by Gasteiger charge is -2.52. The van der Waals surface area contributed by atoms with E-state index < -0.39 is 10.0 Å². The highest BCUT2D eigenvalue weighted by Gasteiger charge is 2.40. The molecule has 0 saturated carbocycles. The number of amides is 1. The molecule has 2 aliphatic heterocycles. The summed E-state index contributed by atoms with van der Waals surface area (Å²) in [6, 6.07) is 0.448. The van der Waals surface area contributed by atoms with Crippen molar-refractivity contribution in [2.45, 2.75) is 71.9 Å². The van der Waals surface area contributed by atoms with Crippen LogP contribution in [0.15, 0.2) is 6.33 Å². The zero-order valence-corrected chi connectivity index (χ0v) is 24.1. The summed E-state index contributed by atoms with van der Waals surface area (Å²) in [7, 11) is -1.46. The number of carbonyl (C=O) groups is 1. The fraction of sp³-hybridized carbons (Fsp3) is 0.808. The van der Waals surface area contributed by atoms with Crippen LogP contribution in [0.25, 0.3) is 0 Å². The number of likely N-dealkylation sites (tertiary alicyclic amines) is 1. The molecular weight excluding hydrogens is 476 g/mol. The molecule has 0 aromatic carbocycles. The van der Waals surface area contributed by atoms with Crippen LogP contribution in [0, 0.1) is 19.8 Å². The Bertz CT molecular complexity index is 989. The molecule has 0 bridgehead atoms. The number of nitrogens with zero attached hydrogens (tertiary/aromatic N) is 6. The van der Waals surface area contributed by atoms with E-state index >= 15 is 0 Å². The largest absolute Gasteiger partial charge is 0.338 e. The first-order valence-electron chi connectivity index (χ1n) is 13.3. The van der Waals surface area contributed by atoms with Crippen molar-refractivity contribution in [1.82, 2.24) is 29.0 Å². The summed E-state index contributed by atoms with van der Waals surface area (Å²) in [5.74, 6) is 0.542. The normalized spacial score (nSPS) is 22.7. The van der Waals surface area contributed by atoms with Crippen molar-refractivity contribution in [1.29, 1.82) is 0 Å². The standard InChI is InChI=1S/C26H46N6O3S/c1-8-23(9-12-29(6)36(7,34)35)18-31-15-16-32(17-20(31)2)26(5)10-13-30(14-11-26)25(33)24-21(3)27-19-28-22(24)4/h19-20,23H,8-18H2,1-7H3. The van der Waals surface area contributed by atoms with Gasteiger partial charge in [0.05, 0.1) is 23.2 Å². The maximum absolute atomic E-state index is 13.2. The third-order valence-corrected chi connectivity index (χ3v) is 9.90. The number of rotatable bonds is 9. The van der Waals surface area contributed by atoms with Gasteiger partial charge in [0.2, 0.25) is 10.0 Å². The van der Waals surface area contributed by atoms with Gasteiger partial charge in [0.1, 0.15) is 6.33 Å². The monoisotopic (exact) mass is 522 g/mol. The molecule has 2 atom stereocenters. The van der Waals surface area contributed by atoms with E-state index in [1.54, 1.807) is 7.05 Å². The Hall–Kier alpha value is -1.62. The van der Waals surface area contributed by atoms with Gasteiger partial charge < -0.3 is 4.90 Å². The van der Waals surface area contributed by atoms with Crippen LogP contribution in [-0.2, 0) is 10.0 Å². The lowest BCUT2D eigenvalue weighted by molar-refractivity contribution is -0.0212. The van der Waals surface area contributed by atoms with E-state index in [1.807, 2.05) is 18.7 Å². The molecule has 3 rings (SSSR count). The maximum Gasteiger partial charge on any atom is 0.257 e. The molecule has 0 spiro atoms. The Balaban J connectivity index is 1.52. The molecule has 1 aromatic rings. The highest BCUT2D eigenvalue weighted by atomic mass is 32.2. The third-order valence-electron chi connectivity index (χ3n) is 8.59. The van der Waals surface area contributed by atoms with Crippen molar-refractivity contribution in [2.24, 2.45) is 5.92 Å². The van der Waals surface area contributed by atoms with Gasteiger partial charge in [-0.2, -0.15) is 0 Å². The van der Waals surface area contributed by atoms with Crippen LogP contribution in [0.4, 0.5) is 0 Å². The quantitative estimate of drug-likeness (QED) is 0.492. The molecule has 1 aromatic heterocycles. The Morgan fingerprint density at radius 3 is 2.31 bits per heavy atom. The second kappa shape index (κ2) is 11.8. The fourth-order valence-corrected chi connectivity index (χ4v) is 6.05. The van der Waals surface area contributed by atoms with Gasteiger partial charge in [-0.25, -0.2) is 22.7 Å². The van der Waals surface area contributed by atoms with Gasteiger partial charge in [-0.1, -0.05) is 13.3 Å². The van der Waals surface area contributed by atoms with Gasteiger partial charge in [-0.05, 0) is 52.9 Å². The van der Waals surface area contributed by atoms with Crippen LogP contribution >= 0.6 is 0 Å². The van der Waals surface area contributed by atoms with Crippen molar-refractivity contribution in [3.05, 3.63) is 23.3 Å². The Morgan fingerprint density at radius 1 is 1.17 bits per heavy atom. The first-order valence-corrected chi connectivity index (χ1v) is 15.2. The molecule has 9 nitrogen and oxygen atoms in total. The van der Waals surface area contributed by atoms with E-state index in [1.165, 1.54) is 16.9 Å². The zero-order valence-electron chi connectivity index (χ0n) is 23.3. The van der Waals surface area contributed by atoms with Crippen molar-refractivity contribution in [3.63, 3.8) is 0 Å².